The molecule has 1 aromatic carbocycles. The fraction of sp³-hybridized carbons (Fsp3) is 0.333. The van der Waals surface area contributed by atoms with E-state index < -0.39 is 11.6 Å². The van der Waals surface area contributed by atoms with E-state index in [1.165, 1.54) is 6.07 Å². The Hall–Kier alpha value is -1.88. The van der Waals surface area contributed by atoms with Crippen LogP contribution in [0, 0.1) is 11.6 Å². The van der Waals surface area contributed by atoms with Gasteiger partial charge in [0, 0.05) is 18.2 Å². The number of benzene rings is 1. The molecule has 5 heteroatoms. The molecule has 2 rings (SSSR count). The van der Waals surface area contributed by atoms with Gasteiger partial charge in [-0.1, -0.05) is 6.92 Å². The van der Waals surface area contributed by atoms with Crippen molar-refractivity contribution in [3.8, 4) is 5.75 Å². The third kappa shape index (κ3) is 3.81. The lowest BCUT2D eigenvalue weighted by Crippen LogP contribution is -2.14. The minimum absolute atomic E-state index is 0.182. The largest absolute Gasteiger partial charge is 0.486 e. The highest BCUT2D eigenvalue weighted by atomic mass is 19.2. The van der Waals surface area contributed by atoms with Gasteiger partial charge in [0.05, 0.1) is 6.26 Å². The van der Waals surface area contributed by atoms with Gasteiger partial charge >= 0.3 is 0 Å². The first kappa shape index (κ1) is 14.5. The monoisotopic (exact) mass is 281 g/mol. The molecule has 0 saturated carbocycles. The van der Waals surface area contributed by atoms with Crippen LogP contribution in [-0.2, 0) is 13.2 Å². The Kier molecular flexibility index (Phi) is 5.12. The maximum Gasteiger partial charge on any atom is 0.162 e. The van der Waals surface area contributed by atoms with Crippen molar-refractivity contribution in [1.29, 1.82) is 0 Å². The summed E-state index contributed by atoms with van der Waals surface area (Å²) >= 11 is 0. The van der Waals surface area contributed by atoms with E-state index in [0.717, 1.165) is 30.7 Å². The van der Waals surface area contributed by atoms with E-state index >= 15 is 0 Å². The summed E-state index contributed by atoms with van der Waals surface area (Å²) in [6.45, 7) is 3.89. The van der Waals surface area contributed by atoms with E-state index in [9.17, 15) is 8.78 Å². The van der Waals surface area contributed by atoms with Gasteiger partial charge in [-0.3, -0.25) is 0 Å². The lowest BCUT2D eigenvalue weighted by molar-refractivity contribution is 0.266. The first-order valence-corrected chi connectivity index (χ1v) is 6.54. The molecule has 0 bridgehead atoms. The van der Waals surface area contributed by atoms with Gasteiger partial charge in [-0.05, 0) is 31.2 Å². The minimum atomic E-state index is -0.924. The fourth-order valence-electron chi connectivity index (χ4n) is 1.77. The van der Waals surface area contributed by atoms with Crippen molar-refractivity contribution >= 4 is 0 Å². The topological polar surface area (TPSA) is 34.4 Å². The van der Waals surface area contributed by atoms with E-state index in [1.54, 1.807) is 6.26 Å². The van der Waals surface area contributed by atoms with Crippen LogP contribution in [0.5, 0.6) is 5.75 Å². The number of rotatable bonds is 7. The fourth-order valence-corrected chi connectivity index (χ4v) is 1.77. The molecule has 0 saturated heterocycles. The van der Waals surface area contributed by atoms with Crippen molar-refractivity contribution < 1.29 is 17.9 Å². The molecule has 0 spiro atoms. The minimum Gasteiger partial charge on any atom is -0.486 e. The Bertz CT molecular complexity index is 555. The highest BCUT2D eigenvalue weighted by Gasteiger charge is 2.08. The number of hydrogen-bond acceptors (Lipinski definition) is 3. The van der Waals surface area contributed by atoms with Gasteiger partial charge in [-0.15, -0.1) is 0 Å². The molecule has 1 heterocycles. The van der Waals surface area contributed by atoms with Gasteiger partial charge in [0.25, 0.3) is 0 Å². The number of hydrogen-bond donors (Lipinski definition) is 1. The van der Waals surface area contributed by atoms with Gasteiger partial charge in [0.2, 0.25) is 0 Å². The third-order valence-electron chi connectivity index (χ3n) is 2.84. The summed E-state index contributed by atoms with van der Waals surface area (Å²) in [4.78, 5) is 0. The number of furan rings is 1. The highest BCUT2D eigenvalue weighted by molar-refractivity contribution is 5.24. The van der Waals surface area contributed by atoms with Crippen LogP contribution in [0.3, 0.4) is 0 Å². The Balaban J connectivity index is 1.93. The molecule has 2 aromatic rings. The number of ether oxygens (including phenoxy) is 1. The Labute approximate surface area is 116 Å². The normalized spacial score (nSPS) is 10.8. The molecule has 0 radical (unpaired) electrons. The molecule has 0 amide bonds. The van der Waals surface area contributed by atoms with Crippen LogP contribution in [0.15, 0.2) is 34.9 Å². The van der Waals surface area contributed by atoms with Crippen molar-refractivity contribution in [1.82, 2.24) is 5.32 Å². The predicted octanol–water partition coefficient (Wildman–Crippen LogP) is 3.64. The standard InChI is InChI=1S/C15H17F2NO2/c1-2-6-18-9-11-5-7-19-15(11)10-20-12-3-4-13(16)14(17)8-12/h3-5,7-8,18H,2,6,9-10H2,1H3. The Morgan fingerprint density at radius 1 is 1.20 bits per heavy atom. The second-order valence-electron chi connectivity index (χ2n) is 4.41. The van der Waals surface area contributed by atoms with Gasteiger partial charge in [-0.2, -0.15) is 0 Å². The van der Waals surface area contributed by atoms with Crippen molar-refractivity contribution in [3.63, 3.8) is 0 Å². The molecule has 20 heavy (non-hydrogen) atoms. The first-order valence-electron chi connectivity index (χ1n) is 6.54. The summed E-state index contributed by atoms with van der Waals surface area (Å²) in [5, 5.41) is 3.27. The Morgan fingerprint density at radius 2 is 2.05 bits per heavy atom. The van der Waals surface area contributed by atoms with Crippen LogP contribution < -0.4 is 10.1 Å². The van der Waals surface area contributed by atoms with Crippen LogP contribution in [-0.4, -0.2) is 6.54 Å². The van der Waals surface area contributed by atoms with Gasteiger partial charge in [-0.25, -0.2) is 8.78 Å². The molecule has 0 fully saturated rings. The van der Waals surface area contributed by atoms with E-state index in [-0.39, 0.29) is 12.4 Å². The highest BCUT2D eigenvalue weighted by Crippen LogP contribution is 2.18. The number of nitrogens with one attached hydrogen (secondary N) is 1. The Morgan fingerprint density at radius 3 is 2.80 bits per heavy atom. The maximum atomic E-state index is 13.0. The smallest absolute Gasteiger partial charge is 0.162 e. The predicted molar refractivity (Wildman–Crippen MR) is 71.4 cm³/mol. The van der Waals surface area contributed by atoms with Gasteiger partial charge in [0.1, 0.15) is 18.1 Å². The van der Waals surface area contributed by atoms with Crippen LogP contribution >= 0.6 is 0 Å². The molecule has 1 aromatic heterocycles. The third-order valence-corrected chi connectivity index (χ3v) is 2.84. The van der Waals surface area contributed by atoms with Crippen molar-refractivity contribution in [2.24, 2.45) is 0 Å². The van der Waals surface area contributed by atoms with Crippen LogP contribution in [0.2, 0.25) is 0 Å². The van der Waals surface area contributed by atoms with Crippen molar-refractivity contribution in [3.05, 3.63) is 53.5 Å². The summed E-state index contributed by atoms with van der Waals surface area (Å²) in [7, 11) is 0. The summed E-state index contributed by atoms with van der Waals surface area (Å²) in [5.74, 6) is -0.863. The van der Waals surface area contributed by atoms with E-state index in [2.05, 4.69) is 12.2 Å². The van der Waals surface area contributed by atoms with Crippen molar-refractivity contribution in [2.45, 2.75) is 26.5 Å². The lowest BCUT2D eigenvalue weighted by Gasteiger charge is -2.07. The molecule has 0 aliphatic rings. The molecule has 0 atom stereocenters. The molecular weight excluding hydrogens is 264 g/mol. The molecular formula is C15H17F2NO2. The maximum absolute atomic E-state index is 13.0. The molecule has 1 N–H and O–H groups in total. The lowest BCUT2D eigenvalue weighted by atomic mass is 10.2. The summed E-state index contributed by atoms with van der Waals surface area (Å²) in [6.07, 6.45) is 2.64. The first-order chi connectivity index (χ1) is 9.70. The zero-order chi connectivity index (χ0) is 14.4. The van der Waals surface area contributed by atoms with E-state index in [0.29, 0.717) is 12.3 Å². The quantitative estimate of drug-likeness (QED) is 0.787. The zero-order valence-corrected chi connectivity index (χ0v) is 11.3. The van der Waals surface area contributed by atoms with Crippen molar-refractivity contribution in [2.75, 3.05) is 6.54 Å². The summed E-state index contributed by atoms with van der Waals surface area (Å²) in [6, 6.07) is 5.31. The number of halogens is 2. The zero-order valence-electron chi connectivity index (χ0n) is 11.3. The molecule has 108 valence electrons. The molecule has 3 nitrogen and oxygen atoms in total. The average Bonchev–Trinajstić information content (AvgIpc) is 2.88. The SMILES string of the molecule is CCCNCc1ccoc1COc1ccc(F)c(F)c1. The van der Waals surface area contributed by atoms with E-state index in [1.807, 2.05) is 6.07 Å². The average molecular weight is 281 g/mol. The summed E-state index contributed by atoms with van der Waals surface area (Å²) < 4.78 is 36.6. The van der Waals surface area contributed by atoms with Gasteiger partial charge < -0.3 is 14.5 Å². The molecule has 0 aliphatic heterocycles. The van der Waals surface area contributed by atoms with E-state index in [4.69, 9.17) is 9.15 Å². The second kappa shape index (κ2) is 7.05. The van der Waals surface area contributed by atoms with Crippen LogP contribution in [0.4, 0.5) is 8.78 Å². The van der Waals surface area contributed by atoms with Crippen LogP contribution in [0.1, 0.15) is 24.7 Å². The molecule has 0 aliphatic carbocycles. The second-order valence-corrected chi connectivity index (χ2v) is 4.41. The summed E-state index contributed by atoms with van der Waals surface area (Å²) in [5.41, 5.74) is 1.00. The van der Waals surface area contributed by atoms with Gasteiger partial charge in [0.15, 0.2) is 11.6 Å². The molecule has 0 unspecified atom stereocenters. The van der Waals surface area contributed by atoms with Crippen LogP contribution in [0.25, 0.3) is 0 Å².